The molecule has 1 aliphatic rings. The average Bonchev–Trinajstić information content (AvgIpc) is 2.67. The van der Waals surface area contributed by atoms with Crippen LogP contribution in [0.2, 0.25) is 0 Å². The highest BCUT2D eigenvalue weighted by atomic mass is 16.5. The van der Waals surface area contributed by atoms with Gasteiger partial charge in [-0.2, -0.15) is 0 Å². The lowest BCUT2D eigenvalue weighted by Crippen LogP contribution is -2.38. The first-order chi connectivity index (χ1) is 12.6. The Balaban J connectivity index is 2.10. The topological polar surface area (TPSA) is 46.6 Å². The molecule has 26 heavy (non-hydrogen) atoms. The smallest absolute Gasteiger partial charge is 0.336 e. The normalized spacial score (nSPS) is 18.6. The van der Waals surface area contributed by atoms with Gasteiger partial charge >= 0.3 is 5.97 Å². The van der Waals surface area contributed by atoms with Crippen molar-refractivity contribution in [3.05, 3.63) is 89.0 Å². The van der Waals surface area contributed by atoms with E-state index in [0.717, 1.165) is 11.1 Å². The summed E-state index contributed by atoms with van der Waals surface area (Å²) in [7, 11) is 1.71. The van der Waals surface area contributed by atoms with Crippen molar-refractivity contribution in [2.75, 3.05) is 13.7 Å². The first-order valence-electron chi connectivity index (χ1n) is 8.59. The maximum absolute atomic E-state index is 12.9. The van der Waals surface area contributed by atoms with E-state index in [1.807, 2.05) is 60.7 Å². The summed E-state index contributed by atoms with van der Waals surface area (Å²) in [4.78, 5) is 27.1. The summed E-state index contributed by atoms with van der Waals surface area (Å²) in [5, 5.41) is 0. The maximum atomic E-state index is 12.9. The van der Waals surface area contributed by atoms with Crippen molar-refractivity contribution < 1.29 is 14.3 Å². The van der Waals surface area contributed by atoms with Crippen molar-refractivity contribution in [1.82, 2.24) is 4.90 Å². The lowest BCUT2D eigenvalue weighted by atomic mass is 9.90. The van der Waals surface area contributed by atoms with Crippen LogP contribution >= 0.6 is 0 Å². The third-order valence-electron chi connectivity index (χ3n) is 4.31. The van der Waals surface area contributed by atoms with Gasteiger partial charge in [0.1, 0.15) is 0 Å². The molecule has 1 amide bonds. The van der Waals surface area contributed by atoms with Crippen molar-refractivity contribution in [2.45, 2.75) is 13.0 Å². The molecule has 0 bridgehead atoms. The van der Waals surface area contributed by atoms with E-state index in [-0.39, 0.29) is 12.5 Å². The molecule has 1 atom stereocenters. The fourth-order valence-electron chi connectivity index (χ4n) is 3.09. The van der Waals surface area contributed by atoms with Gasteiger partial charge in [-0.15, -0.1) is 0 Å². The first kappa shape index (κ1) is 17.7. The number of likely N-dealkylation sites (N-methyl/N-ethyl adjacent to an activating group) is 1. The zero-order chi connectivity index (χ0) is 18.5. The van der Waals surface area contributed by atoms with E-state index in [1.54, 1.807) is 31.0 Å². The number of rotatable bonds is 4. The number of carbonyl (C=O) groups is 2. The Morgan fingerprint density at radius 2 is 1.69 bits per heavy atom. The molecule has 3 rings (SSSR count). The summed E-state index contributed by atoms with van der Waals surface area (Å²) in [5.41, 5.74) is 2.71. The Hall–Kier alpha value is -3.14. The zero-order valence-corrected chi connectivity index (χ0v) is 14.9. The van der Waals surface area contributed by atoms with E-state index in [0.29, 0.717) is 11.1 Å². The summed E-state index contributed by atoms with van der Waals surface area (Å²) in [6.07, 6.45) is 3.45. The van der Waals surface area contributed by atoms with E-state index in [4.69, 9.17) is 4.74 Å². The van der Waals surface area contributed by atoms with Crippen LogP contribution in [0.25, 0.3) is 6.08 Å². The van der Waals surface area contributed by atoms with Gasteiger partial charge in [-0.25, -0.2) is 4.79 Å². The molecule has 1 unspecified atom stereocenters. The fraction of sp³-hybridized carbons (Fsp3) is 0.182. The van der Waals surface area contributed by atoms with Crippen LogP contribution in [-0.4, -0.2) is 30.4 Å². The predicted molar refractivity (Wildman–Crippen MR) is 101 cm³/mol. The van der Waals surface area contributed by atoms with Crippen LogP contribution in [0, 0.1) is 0 Å². The lowest BCUT2D eigenvalue weighted by molar-refractivity contribution is -0.140. The highest BCUT2D eigenvalue weighted by Gasteiger charge is 2.35. The van der Waals surface area contributed by atoms with Gasteiger partial charge in [-0.1, -0.05) is 60.7 Å². The van der Waals surface area contributed by atoms with E-state index in [9.17, 15) is 9.59 Å². The van der Waals surface area contributed by atoms with Gasteiger partial charge in [-0.05, 0) is 30.2 Å². The van der Waals surface area contributed by atoms with Gasteiger partial charge in [0.25, 0.3) is 5.91 Å². The summed E-state index contributed by atoms with van der Waals surface area (Å²) in [5.74, 6) is -0.532. The molecule has 2 aromatic carbocycles. The third-order valence-corrected chi connectivity index (χ3v) is 4.31. The number of hydrogen-bond acceptors (Lipinski definition) is 3. The van der Waals surface area contributed by atoms with Crippen LogP contribution in [0.3, 0.4) is 0 Å². The van der Waals surface area contributed by atoms with Gasteiger partial charge in [0, 0.05) is 12.6 Å². The van der Waals surface area contributed by atoms with Gasteiger partial charge < -0.3 is 9.64 Å². The first-order valence-corrected chi connectivity index (χ1v) is 8.59. The summed E-state index contributed by atoms with van der Waals surface area (Å²) in [6.45, 7) is 2.06. The average molecular weight is 347 g/mol. The number of benzene rings is 2. The molecule has 4 heteroatoms. The Bertz CT molecular complexity index is 853. The van der Waals surface area contributed by atoms with Crippen molar-refractivity contribution in [1.29, 1.82) is 0 Å². The number of hydrogen-bond donors (Lipinski definition) is 0. The second-order valence-corrected chi connectivity index (χ2v) is 6.06. The second-order valence-electron chi connectivity index (χ2n) is 6.06. The van der Waals surface area contributed by atoms with Gasteiger partial charge in [-0.3, -0.25) is 4.79 Å². The van der Waals surface area contributed by atoms with Crippen LogP contribution in [0.15, 0.2) is 77.9 Å². The van der Waals surface area contributed by atoms with Crippen LogP contribution in [0.1, 0.15) is 24.1 Å². The van der Waals surface area contributed by atoms with Gasteiger partial charge in [0.15, 0.2) is 0 Å². The summed E-state index contributed by atoms with van der Waals surface area (Å²) >= 11 is 0. The van der Waals surface area contributed by atoms with Crippen LogP contribution < -0.4 is 0 Å². The largest absolute Gasteiger partial charge is 0.463 e. The molecule has 132 valence electrons. The number of ether oxygens (including phenoxy) is 1. The molecule has 0 spiro atoms. The zero-order valence-electron chi connectivity index (χ0n) is 14.9. The predicted octanol–water partition coefficient (Wildman–Crippen LogP) is 3.77. The number of esters is 1. The molecule has 0 radical (unpaired) electrons. The van der Waals surface area contributed by atoms with Crippen LogP contribution in [0.5, 0.6) is 0 Å². The molecule has 0 aliphatic carbocycles. The molecule has 1 heterocycles. The molecule has 0 aromatic heterocycles. The second kappa shape index (κ2) is 7.83. The Labute approximate surface area is 153 Å². The molecule has 0 saturated carbocycles. The minimum atomic E-state index is -0.462. The monoisotopic (exact) mass is 347 g/mol. The van der Waals surface area contributed by atoms with E-state index in [2.05, 4.69) is 0 Å². The lowest BCUT2D eigenvalue weighted by Gasteiger charge is -2.34. The fourth-order valence-corrected chi connectivity index (χ4v) is 3.09. The molecular weight excluding hydrogens is 326 g/mol. The number of carbonyl (C=O) groups excluding carboxylic acids is 2. The summed E-state index contributed by atoms with van der Waals surface area (Å²) < 4.78 is 5.24. The van der Waals surface area contributed by atoms with E-state index < -0.39 is 12.0 Å². The molecule has 1 aliphatic heterocycles. The minimum Gasteiger partial charge on any atom is -0.463 e. The van der Waals surface area contributed by atoms with Crippen LogP contribution in [-0.2, 0) is 14.3 Å². The van der Waals surface area contributed by atoms with Gasteiger partial charge in [0.2, 0.25) is 0 Å². The Morgan fingerprint density at radius 1 is 1.08 bits per heavy atom. The standard InChI is InChI=1S/C22H21NO3/c1-3-26-22(25)19-15-18(14-16-10-6-4-7-11-16)21(24)23(2)20(19)17-12-8-5-9-13-17/h4-15,20H,3H2,1-2H3/b18-14-. The van der Waals surface area contributed by atoms with Crippen LogP contribution in [0.4, 0.5) is 0 Å². The van der Waals surface area contributed by atoms with Crippen molar-refractivity contribution in [3.8, 4) is 0 Å². The van der Waals surface area contributed by atoms with Crippen molar-refractivity contribution in [2.24, 2.45) is 0 Å². The SMILES string of the molecule is CCOC(=O)C1=C/C(=C/c2ccccc2)C(=O)N(C)C1c1ccccc1. The molecular formula is C22H21NO3. The highest BCUT2D eigenvalue weighted by Crippen LogP contribution is 2.34. The quantitative estimate of drug-likeness (QED) is 0.625. The molecule has 4 nitrogen and oxygen atoms in total. The summed E-state index contributed by atoms with van der Waals surface area (Å²) in [6, 6.07) is 18.6. The number of nitrogens with zero attached hydrogens (tertiary/aromatic N) is 1. The Kier molecular flexibility index (Phi) is 5.32. The van der Waals surface area contributed by atoms with Gasteiger partial charge in [0.05, 0.1) is 18.2 Å². The minimum absolute atomic E-state index is 0.129. The third kappa shape index (κ3) is 3.59. The molecule has 0 N–H and O–H groups in total. The highest BCUT2D eigenvalue weighted by molar-refractivity contribution is 6.06. The number of amides is 1. The van der Waals surface area contributed by atoms with E-state index >= 15 is 0 Å². The molecule has 2 aromatic rings. The maximum Gasteiger partial charge on any atom is 0.336 e. The molecule has 0 saturated heterocycles. The van der Waals surface area contributed by atoms with E-state index in [1.165, 1.54) is 0 Å². The Morgan fingerprint density at radius 3 is 2.31 bits per heavy atom. The molecule has 0 fully saturated rings. The van der Waals surface area contributed by atoms with Crippen molar-refractivity contribution >= 4 is 18.0 Å². The van der Waals surface area contributed by atoms with Crippen molar-refractivity contribution in [3.63, 3.8) is 0 Å².